The van der Waals surface area contributed by atoms with Gasteiger partial charge < -0.3 is 38.6 Å². The van der Waals surface area contributed by atoms with Crippen molar-refractivity contribution in [3.63, 3.8) is 0 Å². The van der Waals surface area contributed by atoms with Crippen LogP contribution in [0.1, 0.15) is 58.8 Å². The van der Waals surface area contributed by atoms with Gasteiger partial charge in [-0.05, 0) is 12.8 Å². The predicted molar refractivity (Wildman–Crippen MR) is 123 cm³/mol. The van der Waals surface area contributed by atoms with Crippen LogP contribution in [0.4, 0.5) is 0 Å². The Bertz CT molecular complexity index is 256. The van der Waals surface area contributed by atoms with Crippen molar-refractivity contribution >= 4 is 0 Å². The molecule has 0 bridgehead atoms. The van der Waals surface area contributed by atoms with E-state index in [4.69, 9.17) is 38.6 Å². The van der Waals surface area contributed by atoms with Crippen LogP contribution in [-0.2, 0) is 28.4 Å². The van der Waals surface area contributed by atoms with Gasteiger partial charge in [-0.2, -0.15) is 0 Å². The third kappa shape index (κ3) is 37.3. The molecule has 8 nitrogen and oxygen atoms in total. The summed E-state index contributed by atoms with van der Waals surface area (Å²) in [5, 5.41) is 16.9. The lowest BCUT2D eigenvalue weighted by Crippen LogP contribution is -2.14. The van der Waals surface area contributed by atoms with Crippen molar-refractivity contribution in [2.75, 3.05) is 92.5 Å². The van der Waals surface area contributed by atoms with Crippen molar-refractivity contribution in [2.45, 2.75) is 58.8 Å². The minimum atomic E-state index is 0.0359. The molecule has 0 aromatic carbocycles. The fourth-order valence-corrected chi connectivity index (χ4v) is 2.30. The van der Waals surface area contributed by atoms with Crippen molar-refractivity contribution < 1.29 is 38.6 Å². The molecule has 0 amide bonds. The molecule has 190 valence electrons. The summed E-state index contributed by atoms with van der Waals surface area (Å²) in [6.45, 7) is 11.2. The third-order valence-electron chi connectivity index (χ3n) is 3.99. The van der Waals surface area contributed by atoms with E-state index in [2.05, 4.69) is 13.8 Å². The molecule has 0 atom stereocenters. The second kappa shape index (κ2) is 34.3. The van der Waals surface area contributed by atoms with Crippen LogP contribution in [0.3, 0.4) is 0 Å². The summed E-state index contributed by atoms with van der Waals surface area (Å²) in [5.41, 5.74) is 0. The molecular formula is C23H50O8. The van der Waals surface area contributed by atoms with Gasteiger partial charge in [0, 0.05) is 13.2 Å². The van der Waals surface area contributed by atoms with Gasteiger partial charge in [0.2, 0.25) is 0 Å². The monoisotopic (exact) mass is 454 g/mol. The summed E-state index contributed by atoms with van der Waals surface area (Å²) >= 11 is 0. The van der Waals surface area contributed by atoms with Crippen LogP contribution < -0.4 is 0 Å². The van der Waals surface area contributed by atoms with E-state index in [1.165, 1.54) is 44.9 Å². The molecule has 0 heterocycles. The number of hydrogen-bond donors (Lipinski definition) is 2. The molecule has 0 aliphatic heterocycles. The lowest BCUT2D eigenvalue weighted by atomic mass is 10.2. The second-order valence-corrected chi connectivity index (χ2v) is 6.89. The molecular weight excluding hydrogens is 404 g/mol. The summed E-state index contributed by atoms with van der Waals surface area (Å²) in [4.78, 5) is 0. The van der Waals surface area contributed by atoms with Crippen LogP contribution in [0.5, 0.6) is 0 Å². The lowest BCUT2D eigenvalue weighted by Gasteiger charge is -2.07. The van der Waals surface area contributed by atoms with E-state index in [1.807, 2.05) is 0 Å². The first-order chi connectivity index (χ1) is 15.3. The highest BCUT2D eigenvalue weighted by molar-refractivity contribution is 4.41. The fraction of sp³-hybridized carbons (Fsp3) is 1.00. The molecule has 0 spiro atoms. The van der Waals surface area contributed by atoms with Gasteiger partial charge in [0.05, 0.1) is 79.3 Å². The van der Waals surface area contributed by atoms with Crippen molar-refractivity contribution in [3.05, 3.63) is 0 Å². The highest BCUT2D eigenvalue weighted by Crippen LogP contribution is 2.00. The van der Waals surface area contributed by atoms with Gasteiger partial charge in [0.25, 0.3) is 0 Å². The van der Waals surface area contributed by atoms with Crippen molar-refractivity contribution in [3.8, 4) is 0 Å². The minimum Gasteiger partial charge on any atom is -0.394 e. The first-order valence-corrected chi connectivity index (χ1v) is 12.0. The van der Waals surface area contributed by atoms with Gasteiger partial charge in [-0.1, -0.05) is 46.0 Å². The zero-order valence-corrected chi connectivity index (χ0v) is 20.2. The standard InChI is InChI=1S/C12H26O7.C11H24O/c13-1-3-15-5-7-17-9-11-19-12-10-18-8-6-16-4-2-14;1-3-5-7-9-11-12-10-8-6-4-2/h13-14H,1-12H2;3-11H2,1-2H3. The summed E-state index contributed by atoms with van der Waals surface area (Å²) in [7, 11) is 0. The van der Waals surface area contributed by atoms with E-state index in [0.717, 1.165) is 13.2 Å². The Morgan fingerprint density at radius 2 is 0.645 bits per heavy atom. The van der Waals surface area contributed by atoms with Crippen LogP contribution in [-0.4, -0.2) is 103 Å². The molecule has 0 aliphatic rings. The zero-order valence-electron chi connectivity index (χ0n) is 20.2. The summed E-state index contributed by atoms with van der Waals surface area (Å²) in [6.07, 6.45) is 9.11. The normalized spacial score (nSPS) is 10.8. The molecule has 31 heavy (non-hydrogen) atoms. The van der Waals surface area contributed by atoms with Gasteiger partial charge in [-0.15, -0.1) is 0 Å². The van der Waals surface area contributed by atoms with Gasteiger partial charge in [0.1, 0.15) is 0 Å². The molecule has 0 saturated carbocycles. The Balaban J connectivity index is 0. The summed E-state index contributed by atoms with van der Waals surface area (Å²) in [6, 6.07) is 0. The predicted octanol–water partition coefficient (Wildman–Crippen LogP) is 2.83. The molecule has 0 unspecified atom stereocenters. The molecule has 0 radical (unpaired) electrons. The number of rotatable bonds is 25. The van der Waals surface area contributed by atoms with E-state index in [0.29, 0.717) is 66.1 Å². The Hall–Kier alpha value is -0.320. The molecule has 0 aliphatic carbocycles. The van der Waals surface area contributed by atoms with E-state index < -0.39 is 0 Å². The first-order valence-electron chi connectivity index (χ1n) is 12.0. The maximum absolute atomic E-state index is 8.45. The molecule has 0 rings (SSSR count). The Morgan fingerprint density at radius 3 is 1.00 bits per heavy atom. The number of unbranched alkanes of at least 4 members (excludes halogenated alkanes) is 5. The Kier molecular flexibility index (Phi) is 36.4. The first kappa shape index (κ1) is 32.9. The quantitative estimate of drug-likeness (QED) is 0.203. The fourth-order valence-electron chi connectivity index (χ4n) is 2.30. The molecule has 8 heteroatoms. The van der Waals surface area contributed by atoms with Crippen LogP contribution in [0.2, 0.25) is 0 Å². The van der Waals surface area contributed by atoms with Crippen molar-refractivity contribution in [1.82, 2.24) is 0 Å². The highest BCUT2D eigenvalue weighted by atomic mass is 16.6. The number of ether oxygens (including phenoxy) is 6. The van der Waals surface area contributed by atoms with Crippen molar-refractivity contribution in [1.29, 1.82) is 0 Å². The zero-order chi connectivity index (χ0) is 23.1. The lowest BCUT2D eigenvalue weighted by molar-refractivity contribution is -0.0151. The summed E-state index contributed by atoms with van der Waals surface area (Å²) in [5.74, 6) is 0. The highest BCUT2D eigenvalue weighted by Gasteiger charge is 1.93. The van der Waals surface area contributed by atoms with E-state index >= 15 is 0 Å². The molecule has 0 fully saturated rings. The average molecular weight is 455 g/mol. The maximum atomic E-state index is 8.45. The van der Waals surface area contributed by atoms with Crippen molar-refractivity contribution in [2.24, 2.45) is 0 Å². The molecule has 0 aromatic heterocycles. The number of aliphatic hydroxyl groups excluding tert-OH is 2. The summed E-state index contributed by atoms with van der Waals surface area (Å²) < 4.78 is 31.3. The number of aliphatic hydroxyl groups is 2. The molecule has 0 saturated heterocycles. The van der Waals surface area contributed by atoms with Gasteiger partial charge in [0.15, 0.2) is 0 Å². The largest absolute Gasteiger partial charge is 0.394 e. The van der Waals surface area contributed by atoms with E-state index in [9.17, 15) is 0 Å². The Morgan fingerprint density at radius 1 is 0.355 bits per heavy atom. The van der Waals surface area contributed by atoms with Crippen LogP contribution in [0.15, 0.2) is 0 Å². The van der Waals surface area contributed by atoms with E-state index in [-0.39, 0.29) is 13.2 Å². The maximum Gasteiger partial charge on any atom is 0.0701 e. The SMILES string of the molecule is CCCCCCOCCCCC.OCCOCCOCCOCCOCCOCCO. The molecule has 2 N–H and O–H groups in total. The minimum absolute atomic E-state index is 0.0359. The number of hydrogen-bond acceptors (Lipinski definition) is 8. The van der Waals surface area contributed by atoms with Gasteiger partial charge in [-0.3, -0.25) is 0 Å². The topological polar surface area (TPSA) is 95.8 Å². The average Bonchev–Trinajstić information content (AvgIpc) is 2.79. The van der Waals surface area contributed by atoms with E-state index in [1.54, 1.807) is 0 Å². The van der Waals surface area contributed by atoms with Crippen LogP contribution >= 0.6 is 0 Å². The van der Waals surface area contributed by atoms with Crippen LogP contribution in [0, 0.1) is 0 Å². The van der Waals surface area contributed by atoms with Gasteiger partial charge >= 0.3 is 0 Å². The Labute approximate surface area is 190 Å². The molecule has 0 aromatic rings. The third-order valence-corrected chi connectivity index (χ3v) is 3.99. The van der Waals surface area contributed by atoms with Gasteiger partial charge in [-0.25, -0.2) is 0 Å². The van der Waals surface area contributed by atoms with Crippen LogP contribution in [0.25, 0.3) is 0 Å². The second-order valence-electron chi connectivity index (χ2n) is 6.89. The smallest absolute Gasteiger partial charge is 0.0701 e.